The lowest BCUT2D eigenvalue weighted by Gasteiger charge is -2.09. The maximum atomic E-state index is 11.9. The summed E-state index contributed by atoms with van der Waals surface area (Å²) in [7, 11) is -0.907. The molecule has 106 valence electrons. The Balaban J connectivity index is 2.67. The first-order valence-corrected chi connectivity index (χ1v) is 8.24. The van der Waals surface area contributed by atoms with Crippen LogP contribution in [0.15, 0.2) is 15.3 Å². The standard InChI is InChI=1S/C12H17BrN2O3S/c1-7(19(3)18)4-5-14-11(16)9-6-10(13)8(2)15-12(9)17/h6-7H,4-5H2,1-3H3,(H,14,16)(H,15,17). The van der Waals surface area contributed by atoms with Crippen LogP contribution in [-0.2, 0) is 10.8 Å². The number of carbonyl (C=O) groups excluding carboxylic acids is 1. The SMILES string of the molecule is Cc1[nH]c(=O)c(C(=O)NCCC(C)S(C)=O)cc1Br. The number of hydrogen-bond donors (Lipinski definition) is 2. The number of rotatable bonds is 5. The predicted octanol–water partition coefficient (Wildman–Crippen LogP) is 1.33. The van der Waals surface area contributed by atoms with Crippen molar-refractivity contribution in [3.05, 3.63) is 32.2 Å². The van der Waals surface area contributed by atoms with E-state index in [4.69, 9.17) is 0 Å². The Morgan fingerprint density at radius 2 is 2.21 bits per heavy atom. The summed E-state index contributed by atoms with van der Waals surface area (Å²) in [5, 5.41) is 2.68. The number of amides is 1. The van der Waals surface area contributed by atoms with Crippen molar-refractivity contribution in [2.24, 2.45) is 0 Å². The van der Waals surface area contributed by atoms with Crippen molar-refractivity contribution in [3.8, 4) is 0 Å². The normalized spacial score (nSPS) is 13.9. The predicted molar refractivity (Wildman–Crippen MR) is 80.0 cm³/mol. The Kier molecular flexibility index (Phi) is 5.93. The molecule has 5 nitrogen and oxygen atoms in total. The van der Waals surface area contributed by atoms with Crippen LogP contribution < -0.4 is 10.9 Å². The molecule has 0 aliphatic rings. The van der Waals surface area contributed by atoms with Crippen LogP contribution in [-0.4, -0.2) is 33.2 Å². The lowest BCUT2D eigenvalue weighted by atomic mass is 10.2. The van der Waals surface area contributed by atoms with E-state index in [0.29, 0.717) is 23.1 Å². The van der Waals surface area contributed by atoms with E-state index in [1.807, 2.05) is 6.92 Å². The quantitative estimate of drug-likeness (QED) is 0.842. The Hall–Kier alpha value is -0.950. The number of carbonyl (C=O) groups is 1. The van der Waals surface area contributed by atoms with Crippen LogP contribution in [0.25, 0.3) is 0 Å². The monoisotopic (exact) mass is 348 g/mol. The van der Waals surface area contributed by atoms with Crippen LogP contribution in [0.2, 0.25) is 0 Å². The number of hydrogen-bond acceptors (Lipinski definition) is 3. The van der Waals surface area contributed by atoms with Crippen molar-refractivity contribution >= 4 is 32.6 Å². The number of H-pyrrole nitrogens is 1. The van der Waals surface area contributed by atoms with Crippen LogP contribution in [0.4, 0.5) is 0 Å². The number of pyridine rings is 1. The Morgan fingerprint density at radius 3 is 2.79 bits per heavy atom. The molecule has 19 heavy (non-hydrogen) atoms. The molecule has 0 aliphatic heterocycles. The largest absolute Gasteiger partial charge is 0.352 e. The average Bonchev–Trinajstić information content (AvgIpc) is 2.33. The van der Waals surface area contributed by atoms with E-state index >= 15 is 0 Å². The number of aromatic nitrogens is 1. The van der Waals surface area contributed by atoms with Gasteiger partial charge in [-0.3, -0.25) is 13.8 Å². The fourth-order valence-electron chi connectivity index (χ4n) is 1.42. The number of nitrogens with one attached hydrogen (secondary N) is 2. The summed E-state index contributed by atoms with van der Waals surface area (Å²) in [5.74, 6) is -0.420. The molecule has 1 rings (SSSR count). The first-order chi connectivity index (χ1) is 8.82. The van der Waals surface area contributed by atoms with Gasteiger partial charge in [0.25, 0.3) is 11.5 Å². The van der Waals surface area contributed by atoms with Crippen molar-refractivity contribution in [1.82, 2.24) is 10.3 Å². The summed E-state index contributed by atoms with van der Waals surface area (Å²) < 4.78 is 11.8. The maximum absolute atomic E-state index is 11.9. The van der Waals surface area contributed by atoms with Gasteiger partial charge in [0.2, 0.25) is 0 Å². The van der Waals surface area contributed by atoms with Crippen LogP contribution in [0.3, 0.4) is 0 Å². The van der Waals surface area contributed by atoms with Gasteiger partial charge in [0, 0.05) is 39.0 Å². The molecule has 0 spiro atoms. The fraction of sp³-hybridized carbons (Fsp3) is 0.500. The summed E-state index contributed by atoms with van der Waals surface area (Å²) in [6.45, 7) is 3.99. The Bertz CT molecular complexity index is 556. The lowest BCUT2D eigenvalue weighted by Crippen LogP contribution is -2.32. The van der Waals surface area contributed by atoms with Crippen LogP contribution >= 0.6 is 15.9 Å². The van der Waals surface area contributed by atoms with Gasteiger partial charge in [-0.15, -0.1) is 0 Å². The van der Waals surface area contributed by atoms with Crippen LogP contribution in [0, 0.1) is 6.92 Å². The van der Waals surface area contributed by atoms with Crippen molar-refractivity contribution in [3.63, 3.8) is 0 Å². The minimum absolute atomic E-state index is 0.0170. The van der Waals surface area contributed by atoms with Gasteiger partial charge in [-0.05, 0) is 35.3 Å². The van der Waals surface area contributed by atoms with Gasteiger partial charge in [-0.1, -0.05) is 6.92 Å². The summed E-state index contributed by atoms with van der Waals surface area (Å²) >= 11 is 3.27. The molecule has 0 saturated heterocycles. The third-order valence-corrected chi connectivity index (χ3v) is 5.02. The molecular formula is C12H17BrN2O3S. The second-order valence-electron chi connectivity index (χ2n) is 4.34. The maximum Gasteiger partial charge on any atom is 0.261 e. The summed E-state index contributed by atoms with van der Waals surface area (Å²) in [4.78, 5) is 26.1. The number of aromatic amines is 1. The molecule has 0 radical (unpaired) electrons. The van der Waals surface area contributed by atoms with Gasteiger partial charge in [0.15, 0.2) is 0 Å². The molecule has 7 heteroatoms. The molecule has 2 atom stereocenters. The second kappa shape index (κ2) is 7.00. The van der Waals surface area contributed by atoms with Gasteiger partial charge < -0.3 is 10.3 Å². The third kappa shape index (κ3) is 4.58. The molecular weight excluding hydrogens is 332 g/mol. The molecule has 1 amide bonds. The first kappa shape index (κ1) is 16.1. The van der Waals surface area contributed by atoms with Crippen LogP contribution in [0.1, 0.15) is 29.4 Å². The van der Waals surface area contributed by atoms with Crippen molar-refractivity contribution < 1.29 is 9.00 Å². The zero-order valence-electron chi connectivity index (χ0n) is 11.1. The van der Waals surface area contributed by atoms with E-state index in [2.05, 4.69) is 26.2 Å². The van der Waals surface area contributed by atoms with E-state index in [1.54, 1.807) is 13.2 Å². The topological polar surface area (TPSA) is 79.0 Å². The van der Waals surface area contributed by atoms with Crippen LogP contribution in [0.5, 0.6) is 0 Å². The van der Waals surface area contributed by atoms with E-state index in [-0.39, 0.29) is 10.8 Å². The van der Waals surface area contributed by atoms with E-state index in [0.717, 1.165) is 0 Å². The zero-order chi connectivity index (χ0) is 14.6. The number of halogens is 1. The fourth-order valence-corrected chi connectivity index (χ4v) is 2.19. The molecule has 0 fully saturated rings. The molecule has 1 aromatic heterocycles. The first-order valence-electron chi connectivity index (χ1n) is 5.82. The lowest BCUT2D eigenvalue weighted by molar-refractivity contribution is 0.0951. The average molecular weight is 349 g/mol. The van der Waals surface area contributed by atoms with Gasteiger partial charge >= 0.3 is 0 Å². The molecule has 0 saturated carbocycles. The van der Waals surface area contributed by atoms with E-state index in [9.17, 15) is 13.8 Å². The molecule has 1 aromatic rings. The highest BCUT2D eigenvalue weighted by atomic mass is 79.9. The molecule has 2 N–H and O–H groups in total. The Labute approximate surface area is 122 Å². The molecule has 2 unspecified atom stereocenters. The molecule has 0 bridgehead atoms. The molecule has 1 heterocycles. The van der Waals surface area contributed by atoms with E-state index < -0.39 is 22.3 Å². The van der Waals surface area contributed by atoms with Crippen molar-refractivity contribution in [1.29, 1.82) is 0 Å². The summed E-state index contributed by atoms with van der Waals surface area (Å²) in [6.07, 6.45) is 2.24. The van der Waals surface area contributed by atoms with Gasteiger partial charge in [-0.2, -0.15) is 0 Å². The summed E-state index contributed by atoms with van der Waals surface area (Å²) in [6, 6.07) is 1.50. The minimum Gasteiger partial charge on any atom is -0.352 e. The van der Waals surface area contributed by atoms with Gasteiger partial charge in [0.1, 0.15) is 5.56 Å². The van der Waals surface area contributed by atoms with E-state index in [1.165, 1.54) is 6.07 Å². The highest BCUT2D eigenvalue weighted by molar-refractivity contribution is 9.10. The third-order valence-electron chi connectivity index (χ3n) is 2.82. The highest BCUT2D eigenvalue weighted by Crippen LogP contribution is 2.12. The highest BCUT2D eigenvalue weighted by Gasteiger charge is 2.13. The van der Waals surface area contributed by atoms with Gasteiger partial charge in [0.05, 0.1) is 0 Å². The number of aryl methyl sites for hydroxylation is 1. The van der Waals surface area contributed by atoms with Crippen molar-refractivity contribution in [2.45, 2.75) is 25.5 Å². The zero-order valence-corrected chi connectivity index (χ0v) is 13.5. The smallest absolute Gasteiger partial charge is 0.261 e. The molecule has 0 aromatic carbocycles. The summed E-state index contributed by atoms with van der Waals surface area (Å²) in [5.41, 5.74) is 0.338. The second-order valence-corrected chi connectivity index (χ2v) is 7.00. The van der Waals surface area contributed by atoms with Gasteiger partial charge in [-0.25, -0.2) is 0 Å². The Morgan fingerprint density at radius 1 is 1.58 bits per heavy atom. The van der Waals surface area contributed by atoms with Crippen molar-refractivity contribution in [2.75, 3.05) is 12.8 Å². The molecule has 0 aliphatic carbocycles. The minimum atomic E-state index is -0.907.